The molecule has 0 saturated heterocycles. The molecule has 5 rings (SSSR count). The molecule has 0 fully saturated rings. The number of ether oxygens (including phenoxy) is 2. The maximum absolute atomic E-state index is 15.0. The van der Waals surface area contributed by atoms with E-state index in [1.54, 1.807) is 26.1 Å². The van der Waals surface area contributed by atoms with E-state index >= 15 is 4.39 Å². The predicted molar refractivity (Wildman–Crippen MR) is 122 cm³/mol. The molecule has 0 radical (unpaired) electrons. The molecule has 10 heteroatoms. The maximum Gasteiger partial charge on any atom is 0.364 e. The lowest BCUT2D eigenvalue weighted by Crippen LogP contribution is -2.15. The Hall–Kier alpha value is -3.00. The summed E-state index contributed by atoms with van der Waals surface area (Å²) in [5.41, 5.74) is 2.97. The minimum Gasteiger partial charge on any atom is -0.454 e. The molecule has 3 heterocycles. The van der Waals surface area contributed by atoms with Gasteiger partial charge in [0, 0.05) is 11.9 Å². The largest absolute Gasteiger partial charge is 0.454 e. The van der Waals surface area contributed by atoms with Crippen molar-refractivity contribution in [1.29, 1.82) is 0 Å². The van der Waals surface area contributed by atoms with Crippen LogP contribution in [0.2, 0.25) is 0 Å². The van der Waals surface area contributed by atoms with Crippen molar-refractivity contribution in [2.45, 2.75) is 27.3 Å². The van der Waals surface area contributed by atoms with Crippen LogP contribution in [0.15, 0.2) is 36.5 Å². The number of hydrogen-bond acceptors (Lipinski definition) is 7. The highest BCUT2D eigenvalue weighted by Crippen LogP contribution is 2.47. The summed E-state index contributed by atoms with van der Waals surface area (Å²) in [4.78, 5) is 9.16. The van der Waals surface area contributed by atoms with Crippen molar-refractivity contribution in [1.82, 2.24) is 14.5 Å². The van der Waals surface area contributed by atoms with Gasteiger partial charge in [0.05, 0.1) is 30.2 Å². The van der Waals surface area contributed by atoms with Gasteiger partial charge in [-0.05, 0) is 50.6 Å². The Morgan fingerprint density at radius 3 is 2.67 bits per heavy atom. The van der Waals surface area contributed by atoms with Crippen molar-refractivity contribution in [2.24, 2.45) is 0 Å². The smallest absolute Gasteiger partial charge is 0.364 e. The van der Waals surface area contributed by atoms with Crippen LogP contribution in [0.5, 0.6) is 11.5 Å². The normalized spacial score (nSPS) is 13.3. The van der Waals surface area contributed by atoms with E-state index in [-0.39, 0.29) is 25.3 Å². The van der Waals surface area contributed by atoms with E-state index in [0.29, 0.717) is 29.1 Å². The van der Waals surface area contributed by atoms with Crippen LogP contribution < -0.4 is 14.8 Å². The number of hydrogen-bond donors (Lipinski definition) is 0. The van der Waals surface area contributed by atoms with E-state index in [2.05, 4.69) is 9.97 Å². The lowest BCUT2D eigenvalue weighted by atomic mass is 10.1. The van der Waals surface area contributed by atoms with Gasteiger partial charge < -0.3 is 23.1 Å². The number of rotatable bonds is 7. The number of halogens is 1. The number of aromatic nitrogens is 3. The molecule has 33 heavy (non-hydrogen) atoms. The van der Waals surface area contributed by atoms with E-state index in [1.165, 1.54) is 12.1 Å². The van der Waals surface area contributed by atoms with Gasteiger partial charge >= 0.3 is 7.60 Å². The van der Waals surface area contributed by atoms with Crippen molar-refractivity contribution in [2.75, 3.05) is 20.0 Å². The molecule has 1 aliphatic heterocycles. The molecule has 4 aromatic rings. The van der Waals surface area contributed by atoms with E-state index in [9.17, 15) is 4.57 Å². The third-order valence-corrected chi connectivity index (χ3v) is 7.66. The summed E-state index contributed by atoms with van der Waals surface area (Å²) in [5.74, 6) is 1.39. The van der Waals surface area contributed by atoms with Crippen molar-refractivity contribution in [3.8, 4) is 11.5 Å². The maximum atomic E-state index is 15.0. The van der Waals surface area contributed by atoms with E-state index in [0.717, 1.165) is 22.2 Å². The minimum absolute atomic E-state index is 0.0653. The zero-order valence-corrected chi connectivity index (χ0v) is 19.4. The van der Waals surface area contributed by atoms with Gasteiger partial charge in [0.25, 0.3) is 0 Å². The van der Waals surface area contributed by atoms with Crippen LogP contribution in [0.25, 0.3) is 21.9 Å². The Kier molecular flexibility index (Phi) is 5.56. The van der Waals surface area contributed by atoms with Crippen LogP contribution in [-0.2, 0) is 20.2 Å². The highest BCUT2D eigenvalue weighted by molar-refractivity contribution is 7.62. The molecule has 0 saturated carbocycles. The third-order valence-electron chi connectivity index (χ3n) is 5.52. The third kappa shape index (κ3) is 3.66. The molecule has 8 nitrogen and oxygen atoms in total. The molecule has 1 aliphatic rings. The molecule has 172 valence electrons. The standard InChI is InChI=1S/C23H23FN3O5P/c1-4-31-33(28,32-5-2)20-9-6-15(10-17(20)24)12-27-14(3)26-18-11-25-21-16(22(18)27)7-8-19-23(21)30-13-29-19/h6-11H,4-5,12-13H2,1-3H3. The van der Waals surface area contributed by atoms with Gasteiger partial charge in [0.15, 0.2) is 11.5 Å². The topological polar surface area (TPSA) is 84.7 Å². The van der Waals surface area contributed by atoms with Crippen LogP contribution in [-0.4, -0.2) is 34.5 Å². The summed E-state index contributed by atoms with van der Waals surface area (Å²) in [7, 11) is -3.72. The second-order valence-electron chi connectivity index (χ2n) is 7.55. The average Bonchev–Trinajstić information content (AvgIpc) is 3.38. The van der Waals surface area contributed by atoms with Gasteiger partial charge in [-0.3, -0.25) is 4.57 Å². The number of benzene rings is 2. The number of aryl methyl sites for hydroxylation is 1. The summed E-state index contributed by atoms with van der Waals surface area (Å²) in [5, 5.41) is 0.802. The van der Waals surface area contributed by atoms with Gasteiger partial charge in [-0.25, -0.2) is 14.4 Å². The molecular formula is C23H23FN3O5P. The highest BCUT2D eigenvalue weighted by Gasteiger charge is 2.30. The Bertz CT molecular complexity index is 1410. The van der Waals surface area contributed by atoms with Crippen molar-refractivity contribution in [3.63, 3.8) is 0 Å². The predicted octanol–water partition coefficient (Wildman–Crippen LogP) is 4.70. The first-order valence-corrected chi connectivity index (χ1v) is 12.2. The molecule has 0 bridgehead atoms. The summed E-state index contributed by atoms with van der Waals surface area (Å²) < 4.78 is 51.7. The van der Waals surface area contributed by atoms with Crippen molar-refractivity contribution in [3.05, 3.63) is 53.7 Å². The minimum atomic E-state index is -3.72. The molecule has 0 spiro atoms. The number of nitrogens with zero attached hydrogens (tertiary/aromatic N) is 3. The Morgan fingerprint density at radius 2 is 1.94 bits per heavy atom. The van der Waals surface area contributed by atoms with E-state index < -0.39 is 13.4 Å². The molecule has 0 atom stereocenters. The average molecular weight is 471 g/mol. The van der Waals surface area contributed by atoms with Crippen LogP contribution >= 0.6 is 7.60 Å². The SMILES string of the molecule is CCOP(=O)(OCC)c1ccc(Cn2c(C)nc3cnc4c5c(ccc4c32)OCO5)cc1F. The summed E-state index contributed by atoms with van der Waals surface area (Å²) in [6.07, 6.45) is 1.70. The fourth-order valence-electron chi connectivity index (χ4n) is 4.13. The quantitative estimate of drug-likeness (QED) is 0.361. The van der Waals surface area contributed by atoms with Crippen LogP contribution in [0.4, 0.5) is 4.39 Å². The lowest BCUT2D eigenvalue weighted by molar-refractivity contribution is 0.174. The Balaban J connectivity index is 1.58. The molecule has 0 amide bonds. The van der Waals surface area contributed by atoms with E-state index in [1.807, 2.05) is 23.6 Å². The van der Waals surface area contributed by atoms with Gasteiger partial charge in [0.2, 0.25) is 6.79 Å². The fourth-order valence-corrected chi connectivity index (χ4v) is 5.74. The lowest BCUT2D eigenvalue weighted by Gasteiger charge is -2.18. The first-order chi connectivity index (χ1) is 15.9. The van der Waals surface area contributed by atoms with Gasteiger partial charge in [-0.1, -0.05) is 6.07 Å². The summed E-state index contributed by atoms with van der Waals surface area (Å²) >= 11 is 0. The number of pyridine rings is 1. The van der Waals surface area contributed by atoms with Crippen LogP contribution in [0.3, 0.4) is 0 Å². The fraction of sp³-hybridized carbons (Fsp3) is 0.304. The van der Waals surface area contributed by atoms with Crippen molar-refractivity contribution < 1.29 is 27.5 Å². The van der Waals surface area contributed by atoms with E-state index in [4.69, 9.17) is 18.5 Å². The second-order valence-corrected chi connectivity index (χ2v) is 9.54. The molecule has 2 aromatic carbocycles. The summed E-state index contributed by atoms with van der Waals surface area (Å²) in [6, 6.07) is 8.35. The summed E-state index contributed by atoms with van der Waals surface area (Å²) in [6.45, 7) is 6.09. The monoisotopic (exact) mass is 471 g/mol. The molecule has 0 aliphatic carbocycles. The van der Waals surface area contributed by atoms with Gasteiger partial charge in [-0.2, -0.15) is 0 Å². The molecule has 0 N–H and O–H groups in total. The van der Waals surface area contributed by atoms with Gasteiger partial charge in [-0.15, -0.1) is 0 Å². The molecule has 0 unspecified atom stereocenters. The molecular weight excluding hydrogens is 448 g/mol. The molecule has 2 aromatic heterocycles. The Labute approximate surface area is 189 Å². The van der Waals surface area contributed by atoms with Crippen molar-refractivity contribution >= 4 is 34.8 Å². The highest BCUT2D eigenvalue weighted by atomic mass is 31.2. The second kappa shape index (κ2) is 8.41. The first-order valence-electron chi connectivity index (χ1n) is 10.7. The van der Waals surface area contributed by atoms with Crippen LogP contribution in [0.1, 0.15) is 25.2 Å². The zero-order chi connectivity index (χ0) is 23.2. The number of fused-ring (bicyclic) bond motifs is 5. The first kappa shape index (κ1) is 21.8. The number of imidazole rings is 1. The van der Waals surface area contributed by atoms with Gasteiger partial charge in [0.1, 0.15) is 22.7 Å². The zero-order valence-electron chi connectivity index (χ0n) is 18.5. The Morgan fingerprint density at radius 1 is 1.15 bits per heavy atom. The van der Waals surface area contributed by atoms with Crippen LogP contribution in [0, 0.1) is 12.7 Å².